The standard InChI is InChI=1S/C20H26F2O/c1-3-10-23-17-8-7-14-11-16(6-5-15(14)12-17)18-9-4-13(2)19(21)20(18)22/h3-4,9,14-17H,1,5-8,10-12H2,2H3. The molecule has 1 aromatic carbocycles. The van der Waals surface area contributed by atoms with E-state index >= 15 is 0 Å². The highest BCUT2D eigenvalue weighted by molar-refractivity contribution is 5.28. The molecule has 0 heterocycles. The Balaban J connectivity index is 1.66. The maximum atomic E-state index is 14.3. The van der Waals surface area contributed by atoms with Crippen molar-refractivity contribution in [1.29, 1.82) is 0 Å². The lowest BCUT2D eigenvalue weighted by Crippen LogP contribution is -2.34. The molecule has 0 N–H and O–H groups in total. The third kappa shape index (κ3) is 3.50. The number of fused-ring (bicyclic) bond motifs is 1. The average Bonchev–Trinajstić information content (AvgIpc) is 2.57. The number of benzene rings is 1. The molecule has 1 aromatic rings. The van der Waals surface area contributed by atoms with E-state index in [2.05, 4.69) is 6.58 Å². The predicted molar refractivity (Wildman–Crippen MR) is 88.5 cm³/mol. The Morgan fingerprint density at radius 2 is 1.83 bits per heavy atom. The maximum Gasteiger partial charge on any atom is 0.162 e. The molecule has 3 heteroatoms. The van der Waals surface area contributed by atoms with E-state index in [1.807, 2.05) is 0 Å². The van der Waals surface area contributed by atoms with Crippen molar-refractivity contribution >= 4 is 0 Å². The number of rotatable bonds is 4. The second-order valence-corrected chi connectivity index (χ2v) is 7.19. The van der Waals surface area contributed by atoms with Gasteiger partial charge in [-0.25, -0.2) is 8.78 Å². The van der Waals surface area contributed by atoms with Crippen LogP contribution in [0.2, 0.25) is 0 Å². The van der Waals surface area contributed by atoms with Crippen molar-refractivity contribution in [2.24, 2.45) is 11.8 Å². The second kappa shape index (κ2) is 7.12. The fourth-order valence-electron chi connectivity index (χ4n) is 4.46. The largest absolute Gasteiger partial charge is 0.374 e. The van der Waals surface area contributed by atoms with Crippen molar-refractivity contribution in [3.63, 3.8) is 0 Å². The van der Waals surface area contributed by atoms with Gasteiger partial charge in [0, 0.05) is 0 Å². The van der Waals surface area contributed by atoms with Gasteiger partial charge in [0.15, 0.2) is 11.6 Å². The molecule has 2 aliphatic rings. The summed E-state index contributed by atoms with van der Waals surface area (Å²) in [6.45, 7) is 5.94. The summed E-state index contributed by atoms with van der Waals surface area (Å²) in [6.07, 6.45) is 8.50. The summed E-state index contributed by atoms with van der Waals surface area (Å²) in [5, 5.41) is 0. The Bertz CT molecular complexity index is 569. The molecule has 0 radical (unpaired) electrons. The van der Waals surface area contributed by atoms with Crippen molar-refractivity contribution in [3.8, 4) is 0 Å². The van der Waals surface area contributed by atoms with Crippen molar-refractivity contribution in [3.05, 3.63) is 47.5 Å². The van der Waals surface area contributed by atoms with Crippen molar-refractivity contribution in [1.82, 2.24) is 0 Å². The van der Waals surface area contributed by atoms with Crippen LogP contribution >= 0.6 is 0 Å². The lowest BCUT2D eigenvalue weighted by atomic mass is 9.65. The summed E-state index contributed by atoms with van der Waals surface area (Å²) < 4.78 is 33.9. The van der Waals surface area contributed by atoms with Gasteiger partial charge in [0.25, 0.3) is 0 Å². The number of halogens is 2. The average molecular weight is 320 g/mol. The first kappa shape index (κ1) is 16.6. The van der Waals surface area contributed by atoms with Crippen LogP contribution in [-0.4, -0.2) is 12.7 Å². The van der Waals surface area contributed by atoms with Gasteiger partial charge in [-0.2, -0.15) is 0 Å². The van der Waals surface area contributed by atoms with E-state index in [9.17, 15) is 8.78 Å². The molecule has 0 aliphatic heterocycles. The van der Waals surface area contributed by atoms with Gasteiger partial charge < -0.3 is 4.74 Å². The molecule has 0 aromatic heterocycles. The van der Waals surface area contributed by atoms with Gasteiger partial charge in [0.2, 0.25) is 0 Å². The van der Waals surface area contributed by atoms with E-state index in [0.717, 1.165) is 38.5 Å². The quantitative estimate of drug-likeness (QED) is 0.663. The molecule has 23 heavy (non-hydrogen) atoms. The zero-order valence-electron chi connectivity index (χ0n) is 13.9. The van der Waals surface area contributed by atoms with Crippen LogP contribution in [0.3, 0.4) is 0 Å². The number of ether oxygens (including phenoxy) is 1. The molecular formula is C20H26F2O. The van der Waals surface area contributed by atoms with E-state index in [4.69, 9.17) is 4.74 Å². The summed E-state index contributed by atoms with van der Waals surface area (Å²) in [6, 6.07) is 3.50. The minimum Gasteiger partial charge on any atom is -0.374 e. The van der Waals surface area contributed by atoms with Gasteiger partial charge in [-0.15, -0.1) is 6.58 Å². The van der Waals surface area contributed by atoms with Crippen LogP contribution in [0.1, 0.15) is 55.6 Å². The van der Waals surface area contributed by atoms with Crippen molar-refractivity contribution in [2.45, 2.75) is 57.5 Å². The van der Waals surface area contributed by atoms with Gasteiger partial charge in [0.05, 0.1) is 12.7 Å². The molecule has 0 saturated heterocycles. The second-order valence-electron chi connectivity index (χ2n) is 7.19. The molecule has 2 fully saturated rings. The molecule has 126 valence electrons. The van der Waals surface area contributed by atoms with Crippen molar-refractivity contribution < 1.29 is 13.5 Å². The van der Waals surface area contributed by atoms with Gasteiger partial charge in [-0.3, -0.25) is 0 Å². The number of aryl methyl sites for hydroxylation is 1. The van der Waals surface area contributed by atoms with Crippen LogP contribution in [0, 0.1) is 30.4 Å². The monoisotopic (exact) mass is 320 g/mol. The van der Waals surface area contributed by atoms with Crippen LogP contribution in [-0.2, 0) is 4.74 Å². The minimum absolute atomic E-state index is 0.164. The first-order valence-electron chi connectivity index (χ1n) is 8.77. The highest BCUT2D eigenvalue weighted by atomic mass is 19.2. The van der Waals surface area contributed by atoms with Gasteiger partial charge in [0.1, 0.15) is 0 Å². The fourth-order valence-corrected chi connectivity index (χ4v) is 4.46. The van der Waals surface area contributed by atoms with Gasteiger partial charge in [-0.1, -0.05) is 18.2 Å². The smallest absolute Gasteiger partial charge is 0.162 e. The molecule has 0 bridgehead atoms. The predicted octanol–water partition coefficient (Wildman–Crippen LogP) is 5.53. The van der Waals surface area contributed by atoms with Crippen LogP contribution < -0.4 is 0 Å². The van der Waals surface area contributed by atoms with Crippen LogP contribution in [0.15, 0.2) is 24.8 Å². The van der Waals surface area contributed by atoms with Crippen LogP contribution in [0.25, 0.3) is 0 Å². The Morgan fingerprint density at radius 3 is 2.61 bits per heavy atom. The lowest BCUT2D eigenvalue weighted by molar-refractivity contribution is -0.00327. The zero-order valence-corrected chi connectivity index (χ0v) is 13.9. The summed E-state index contributed by atoms with van der Waals surface area (Å²) >= 11 is 0. The van der Waals surface area contributed by atoms with Crippen LogP contribution in [0.4, 0.5) is 8.78 Å². The third-order valence-electron chi connectivity index (χ3n) is 5.76. The Morgan fingerprint density at radius 1 is 1.09 bits per heavy atom. The summed E-state index contributed by atoms with van der Waals surface area (Å²) in [5.41, 5.74) is 0.969. The molecule has 2 saturated carbocycles. The first-order valence-corrected chi connectivity index (χ1v) is 8.77. The van der Waals surface area contributed by atoms with E-state index in [0.29, 0.717) is 35.7 Å². The number of hydrogen-bond acceptors (Lipinski definition) is 1. The molecule has 0 amide bonds. The fraction of sp³-hybridized carbons (Fsp3) is 0.600. The van der Waals surface area contributed by atoms with E-state index < -0.39 is 11.6 Å². The molecule has 4 atom stereocenters. The molecular weight excluding hydrogens is 294 g/mol. The molecule has 3 rings (SSSR count). The van der Waals surface area contributed by atoms with E-state index in [-0.39, 0.29) is 5.92 Å². The van der Waals surface area contributed by atoms with Crippen LogP contribution in [0.5, 0.6) is 0 Å². The maximum absolute atomic E-state index is 14.3. The highest BCUT2D eigenvalue weighted by Crippen LogP contribution is 2.47. The Hall–Kier alpha value is -1.22. The third-order valence-corrected chi connectivity index (χ3v) is 5.76. The summed E-state index contributed by atoms with van der Waals surface area (Å²) in [4.78, 5) is 0. The van der Waals surface area contributed by atoms with E-state index in [1.54, 1.807) is 25.1 Å². The number of hydrogen-bond donors (Lipinski definition) is 0. The van der Waals surface area contributed by atoms with Gasteiger partial charge in [-0.05, 0) is 74.3 Å². The Kier molecular flexibility index (Phi) is 5.15. The topological polar surface area (TPSA) is 9.23 Å². The summed E-state index contributed by atoms with van der Waals surface area (Å²) in [7, 11) is 0. The molecule has 2 aliphatic carbocycles. The molecule has 1 nitrogen and oxygen atoms in total. The zero-order chi connectivity index (χ0) is 16.4. The molecule has 0 spiro atoms. The normalized spacial score (nSPS) is 30.7. The SMILES string of the molecule is C=CCOC1CCC2CC(c3ccc(C)c(F)c3F)CCC2C1. The van der Waals surface area contributed by atoms with E-state index in [1.165, 1.54) is 0 Å². The Labute approximate surface area is 137 Å². The lowest BCUT2D eigenvalue weighted by Gasteiger charge is -2.42. The van der Waals surface area contributed by atoms with Crippen molar-refractivity contribution in [2.75, 3.05) is 6.61 Å². The molecule has 4 unspecified atom stereocenters. The first-order chi connectivity index (χ1) is 11.1. The summed E-state index contributed by atoms with van der Waals surface area (Å²) in [5.74, 6) is 0.161. The minimum atomic E-state index is -0.675. The highest BCUT2D eigenvalue weighted by Gasteiger charge is 2.37. The van der Waals surface area contributed by atoms with Gasteiger partial charge >= 0.3 is 0 Å².